The number of phenolic OH excluding ortho intramolecular Hbond substituents is 2. The lowest BCUT2D eigenvalue weighted by Crippen LogP contribution is -2.29. The Morgan fingerprint density at radius 3 is 2.82 bits per heavy atom. The van der Waals surface area contributed by atoms with Crippen LogP contribution in [-0.4, -0.2) is 36.4 Å². The second kappa shape index (κ2) is 6.10. The van der Waals surface area contributed by atoms with Gasteiger partial charge in [-0.3, -0.25) is 4.79 Å². The van der Waals surface area contributed by atoms with Crippen molar-refractivity contribution in [2.75, 3.05) is 20.3 Å². The van der Waals surface area contributed by atoms with Crippen molar-refractivity contribution in [1.82, 2.24) is 5.32 Å². The van der Waals surface area contributed by atoms with E-state index in [-0.39, 0.29) is 17.2 Å². The maximum absolute atomic E-state index is 11.7. The van der Waals surface area contributed by atoms with Crippen LogP contribution in [0.5, 0.6) is 11.5 Å². The molecule has 0 saturated carbocycles. The number of carbonyl (C=O) groups is 1. The van der Waals surface area contributed by atoms with E-state index in [1.807, 2.05) is 6.92 Å². The van der Waals surface area contributed by atoms with E-state index >= 15 is 0 Å². The van der Waals surface area contributed by atoms with Crippen molar-refractivity contribution < 1.29 is 19.7 Å². The predicted octanol–water partition coefficient (Wildman–Crippen LogP) is 1.11. The molecule has 5 heteroatoms. The molecule has 1 unspecified atom stereocenters. The van der Waals surface area contributed by atoms with Gasteiger partial charge in [0.1, 0.15) is 0 Å². The molecule has 0 spiro atoms. The summed E-state index contributed by atoms with van der Waals surface area (Å²) in [6, 6.07) is 4.27. The lowest BCUT2D eigenvalue weighted by Gasteiger charge is -2.12. The highest BCUT2D eigenvalue weighted by Crippen LogP contribution is 2.27. The number of carbonyl (C=O) groups excluding carboxylic acids is 1. The highest BCUT2D eigenvalue weighted by Gasteiger charge is 2.14. The van der Waals surface area contributed by atoms with E-state index in [2.05, 4.69) is 5.32 Å². The van der Waals surface area contributed by atoms with Gasteiger partial charge in [-0.15, -0.1) is 0 Å². The molecule has 3 N–H and O–H groups in total. The number of rotatable bonds is 5. The number of hydrogen-bond donors (Lipinski definition) is 3. The maximum atomic E-state index is 11.7. The van der Waals surface area contributed by atoms with E-state index in [1.165, 1.54) is 18.2 Å². The summed E-state index contributed by atoms with van der Waals surface area (Å²) in [4.78, 5) is 11.7. The van der Waals surface area contributed by atoms with E-state index in [0.717, 1.165) is 0 Å². The van der Waals surface area contributed by atoms with Crippen molar-refractivity contribution in [1.29, 1.82) is 0 Å². The number of methoxy groups -OCH3 is 1. The summed E-state index contributed by atoms with van der Waals surface area (Å²) in [6.45, 7) is 2.93. The molecule has 0 bridgehead atoms. The van der Waals surface area contributed by atoms with Gasteiger partial charge < -0.3 is 20.3 Å². The van der Waals surface area contributed by atoms with Crippen molar-refractivity contribution in [3.05, 3.63) is 23.8 Å². The fourth-order valence-electron chi connectivity index (χ4n) is 1.42. The first kappa shape index (κ1) is 13.3. The smallest absolute Gasteiger partial charge is 0.255 e. The van der Waals surface area contributed by atoms with Gasteiger partial charge in [0, 0.05) is 13.7 Å². The van der Waals surface area contributed by atoms with Gasteiger partial charge in [-0.05, 0) is 18.1 Å². The molecule has 0 aliphatic rings. The van der Waals surface area contributed by atoms with Gasteiger partial charge in [0.25, 0.3) is 5.91 Å². The van der Waals surface area contributed by atoms with Crippen LogP contribution >= 0.6 is 0 Å². The minimum absolute atomic E-state index is 0.0645. The highest BCUT2D eigenvalue weighted by atomic mass is 16.5. The Morgan fingerprint density at radius 1 is 1.47 bits per heavy atom. The number of aromatic hydroxyl groups is 2. The molecule has 1 aromatic rings. The molecule has 0 fully saturated rings. The van der Waals surface area contributed by atoms with Crippen molar-refractivity contribution in [3.8, 4) is 11.5 Å². The molecular formula is C12H17NO4. The summed E-state index contributed by atoms with van der Waals surface area (Å²) in [7, 11) is 1.60. The van der Waals surface area contributed by atoms with E-state index in [9.17, 15) is 15.0 Å². The van der Waals surface area contributed by atoms with Crippen LogP contribution in [0.4, 0.5) is 0 Å². The van der Waals surface area contributed by atoms with Crippen LogP contribution in [0, 0.1) is 5.92 Å². The normalized spacial score (nSPS) is 12.1. The fraction of sp³-hybridized carbons (Fsp3) is 0.417. The Morgan fingerprint density at radius 2 is 2.18 bits per heavy atom. The summed E-state index contributed by atoms with van der Waals surface area (Å²) in [5.41, 5.74) is 0.0645. The van der Waals surface area contributed by atoms with Crippen molar-refractivity contribution in [2.45, 2.75) is 6.92 Å². The minimum Gasteiger partial charge on any atom is -0.504 e. The van der Waals surface area contributed by atoms with E-state index in [0.29, 0.717) is 13.2 Å². The first-order valence-corrected chi connectivity index (χ1v) is 5.34. The second-order valence-electron chi connectivity index (χ2n) is 3.94. The molecule has 0 radical (unpaired) electrons. The zero-order chi connectivity index (χ0) is 12.8. The van der Waals surface area contributed by atoms with Gasteiger partial charge in [0.15, 0.2) is 11.5 Å². The van der Waals surface area contributed by atoms with Gasteiger partial charge in [-0.1, -0.05) is 13.0 Å². The van der Waals surface area contributed by atoms with Gasteiger partial charge in [0.05, 0.1) is 12.2 Å². The van der Waals surface area contributed by atoms with Crippen molar-refractivity contribution in [3.63, 3.8) is 0 Å². The van der Waals surface area contributed by atoms with Gasteiger partial charge in [0.2, 0.25) is 0 Å². The number of phenols is 2. The van der Waals surface area contributed by atoms with Crippen LogP contribution in [0.3, 0.4) is 0 Å². The quantitative estimate of drug-likeness (QED) is 0.672. The number of ether oxygens (including phenoxy) is 1. The van der Waals surface area contributed by atoms with Gasteiger partial charge in [-0.25, -0.2) is 0 Å². The molecule has 0 aliphatic heterocycles. The number of hydrogen-bond acceptors (Lipinski definition) is 4. The number of benzene rings is 1. The van der Waals surface area contributed by atoms with Crippen LogP contribution in [-0.2, 0) is 4.74 Å². The summed E-state index contributed by atoms with van der Waals surface area (Å²) >= 11 is 0. The average molecular weight is 239 g/mol. The average Bonchev–Trinajstić information content (AvgIpc) is 2.30. The largest absolute Gasteiger partial charge is 0.504 e. The third kappa shape index (κ3) is 3.64. The standard InChI is InChI=1S/C12H17NO4/c1-8(7-17-2)6-13-12(16)9-4-3-5-10(14)11(9)15/h3-5,8,14-15H,6-7H2,1-2H3,(H,13,16). The molecule has 0 aliphatic carbocycles. The molecule has 1 aromatic carbocycles. The zero-order valence-corrected chi connectivity index (χ0v) is 9.93. The summed E-state index contributed by atoms with van der Waals surface area (Å²) in [5.74, 6) is -0.934. The first-order valence-electron chi connectivity index (χ1n) is 5.34. The van der Waals surface area contributed by atoms with Crippen molar-refractivity contribution in [2.24, 2.45) is 5.92 Å². The van der Waals surface area contributed by atoms with Gasteiger partial charge >= 0.3 is 0 Å². The molecule has 5 nitrogen and oxygen atoms in total. The third-order valence-corrected chi connectivity index (χ3v) is 2.32. The Balaban J connectivity index is 2.61. The molecule has 1 rings (SSSR count). The third-order valence-electron chi connectivity index (χ3n) is 2.32. The molecule has 0 heterocycles. The molecular weight excluding hydrogens is 222 g/mol. The van der Waals surface area contributed by atoms with Crippen LogP contribution in [0.25, 0.3) is 0 Å². The number of para-hydroxylation sites is 1. The SMILES string of the molecule is COCC(C)CNC(=O)c1cccc(O)c1O. The lowest BCUT2D eigenvalue weighted by atomic mass is 10.1. The first-order chi connectivity index (χ1) is 8.06. The number of nitrogens with one attached hydrogen (secondary N) is 1. The molecule has 1 amide bonds. The van der Waals surface area contributed by atoms with E-state index in [1.54, 1.807) is 7.11 Å². The summed E-state index contributed by atoms with van der Waals surface area (Å²) in [5, 5.41) is 21.4. The fourth-order valence-corrected chi connectivity index (χ4v) is 1.42. The van der Waals surface area contributed by atoms with Crippen LogP contribution < -0.4 is 5.32 Å². The topological polar surface area (TPSA) is 78.8 Å². The van der Waals surface area contributed by atoms with Crippen LogP contribution in [0.2, 0.25) is 0 Å². The second-order valence-corrected chi connectivity index (χ2v) is 3.94. The monoisotopic (exact) mass is 239 g/mol. The summed E-state index contributed by atoms with van der Waals surface area (Å²) in [6.07, 6.45) is 0. The lowest BCUT2D eigenvalue weighted by molar-refractivity contribution is 0.0931. The molecule has 0 saturated heterocycles. The Labute approximate surface area is 100 Å². The molecule has 0 aromatic heterocycles. The van der Waals surface area contributed by atoms with E-state index in [4.69, 9.17) is 4.74 Å². The highest BCUT2D eigenvalue weighted by molar-refractivity contribution is 5.97. The van der Waals surface area contributed by atoms with Crippen LogP contribution in [0.1, 0.15) is 17.3 Å². The van der Waals surface area contributed by atoms with Gasteiger partial charge in [-0.2, -0.15) is 0 Å². The number of amides is 1. The molecule has 94 valence electrons. The van der Waals surface area contributed by atoms with Crippen LogP contribution in [0.15, 0.2) is 18.2 Å². The molecule has 17 heavy (non-hydrogen) atoms. The Bertz CT molecular complexity index is 392. The maximum Gasteiger partial charge on any atom is 0.255 e. The van der Waals surface area contributed by atoms with E-state index < -0.39 is 11.7 Å². The molecule has 1 atom stereocenters. The van der Waals surface area contributed by atoms with Crippen molar-refractivity contribution >= 4 is 5.91 Å². The Hall–Kier alpha value is -1.75. The summed E-state index contributed by atoms with van der Waals surface area (Å²) < 4.78 is 4.94. The minimum atomic E-state index is -0.415. The predicted molar refractivity (Wildman–Crippen MR) is 63.1 cm³/mol. The Kier molecular flexibility index (Phi) is 4.78. The zero-order valence-electron chi connectivity index (χ0n) is 9.93.